The highest BCUT2D eigenvalue weighted by Crippen LogP contribution is 2.43. The fraction of sp³-hybridized carbons (Fsp3) is 0.789. The molecule has 1 aromatic heterocycles. The first kappa shape index (κ1) is 15.6. The molecule has 1 aromatic rings. The number of fused-ring (bicyclic) bond motifs is 1. The van der Waals surface area contributed by atoms with Crippen LogP contribution in [0.25, 0.3) is 0 Å². The van der Waals surface area contributed by atoms with Crippen LogP contribution in [0.2, 0.25) is 0 Å². The van der Waals surface area contributed by atoms with E-state index >= 15 is 0 Å². The van der Waals surface area contributed by atoms with E-state index in [-0.39, 0.29) is 0 Å². The van der Waals surface area contributed by atoms with Gasteiger partial charge in [0, 0.05) is 15.8 Å². The molecule has 4 atom stereocenters. The minimum atomic E-state index is 0.621. The van der Waals surface area contributed by atoms with Crippen LogP contribution in [0, 0.1) is 17.8 Å². The lowest BCUT2D eigenvalue weighted by Gasteiger charge is -2.37. The molecule has 0 spiro atoms. The zero-order valence-electron chi connectivity index (χ0n) is 14.0. The summed E-state index contributed by atoms with van der Waals surface area (Å²) in [4.78, 5) is 3.32. The molecular weight excluding hydrogens is 274 g/mol. The second kappa shape index (κ2) is 6.83. The number of thiophene rings is 1. The highest BCUT2D eigenvalue weighted by atomic mass is 32.1. The predicted octanol–water partition coefficient (Wildman–Crippen LogP) is 5.35. The summed E-state index contributed by atoms with van der Waals surface area (Å²) >= 11 is 2.11. The van der Waals surface area contributed by atoms with E-state index in [1.807, 2.05) is 0 Å². The van der Waals surface area contributed by atoms with Crippen molar-refractivity contribution in [3.63, 3.8) is 0 Å². The van der Waals surface area contributed by atoms with E-state index < -0.39 is 0 Å². The Hall–Kier alpha value is -0.340. The van der Waals surface area contributed by atoms with Gasteiger partial charge in [0.25, 0.3) is 0 Å². The topological polar surface area (TPSA) is 12.0 Å². The summed E-state index contributed by atoms with van der Waals surface area (Å²) in [6.07, 6.45) is 9.51. The van der Waals surface area contributed by atoms with Crippen molar-refractivity contribution in [2.24, 2.45) is 17.8 Å². The molecule has 0 radical (unpaired) electrons. The van der Waals surface area contributed by atoms with Gasteiger partial charge < -0.3 is 5.32 Å². The lowest BCUT2D eigenvalue weighted by molar-refractivity contribution is 0.172. The van der Waals surface area contributed by atoms with Crippen LogP contribution in [0.5, 0.6) is 0 Å². The smallest absolute Gasteiger partial charge is 0.0443 e. The molecule has 1 N–H and O–H groups in total. The van der Waals surface area contributed by atoms with Crippen LogP contribution in [-0.4, -0.2) is 6.54 Å². The molecule has 0 saturated heterocycles. The van der Waals surface area contributed by atoms with Gasteiger partial charge >= 0.3 is 0 Å². The zero-order chi connectivity index (χ0) is 14.8. The van der Waals surface area contributed by atoms with Crippen molar-refractivity contribution in [2.45, 2.75) is 71.8 Å². The Balaban J connectivity index is 1.76. The highest BCUT2D eigenvalue weighted by Gasteiger charge is 2.32. The molecule has 1 nitrogen and oxygen atoms in total. The van der Waals surface area contributed by atoms with Crippen LogP contribution < -0.4 is 5.32 Å². The van der Waals surface area contributed by atoms with Crippen LogP contribution in [0.15, 0.2) is 6.07 Å². The second-order valence-electron chi connectivity index (χ2n) is 7.41. The van der Waals surface area contributed by atoms with Gasteiger partial charge in [-0.1, -0.05) is 27.2 Å². The van der Waals surface area contributed by atoms with Crippen LogP contribution in [0.1, 0.15) is 74.2 Å². The SMILES string of the molecule is CCCNC(c1cc2c(s1)CCC2)C1CCC(C)C(C)C1. The molecular formula is C19H31NS. The van der Waals surface area contributed by atoms with Gasteiger partial charge in [-0.3, -0.25) is 0 Å². The summed E-state index contributed by atoms with van der Waals surface area (Å²) in [6, 6.07) is 3.17. The van der Waals surface area contributed by atoms with E-state index in [1.54, 1.807) is 15.3 Å². The van der Waals surface area contributed by atoms with Crippen molar-refractivity contribution in [3.8, 4) is 0 Å². The summed E-state index contributed by atoms with van der Waals surface area (Å²) < 4.78 is 0. The number of hydrogen-bond acceptors (Lipinski definition) is 2. The molecule has 2 heteroatoms. The van der Waals surface area contributed by atoms with Gasteiger partial charge in [0.2, 0.25) is 0 Å². The quantitative estimate of drug-likeness (QED) is 0.773. The molecule has 1 saturated carbocycles. The molecule has 2 aliphatic rings. The normalized spacial score (nSPS) is 30.3. The van der Waals surface area contributed by atoms with Gasteiger partial charge in [-0.05, 0) is 74.5 Å². The van der Waals surface area contributed by atoms with Crippen LogP contribution >= 0.6 is 11.3 Å². The molecule has 2 aliphatic carbocycles. The van der Waals surface area contributed by atoms with Crippen LogP contribution in [0.4, 0.5) is 0 Å². The molecule has 0 aliphatic heterocycles. The minimum absolute atomic E-state index is 0.621. The van der Waals surface area contributed by atoms with Crippen molar-refractivity contribution < 1.29 is 0 Å². The number of nitrogens with one attached hydrogen (secondary N) is 1. The summed E-state index contributed by atoms with van der Waals surface area (Å²) in [5.74, 6) is 2.66. The second-order valence-corrected chi connectivity index (χ2v) is 8.58. The molecule has 0 bridgehead atoms. The summed E-state index contributed by atoms with van der Waals surface area (Å²) in [5, 5.41) is 3.89. The van der Waals surface area contributed by atoms with Crippen molar-refractivity contribution >= 4 is 11.3 Å². The van der Waals surface area contributed by atoms with Gasteiger partial charge in [-0.2, -0.15) is 0 Å². The third kappa shape index (κ3) is 3.37. The lowest BCUT2D eigenvalue weighted by atomic mass is 9.73. The van der Waals surface area contributed by atoms with Crippen molar-refractivity contribution in [1.82, 2.24) is 5.32 Å². The highest BCUT2D eigenvalue weighted by molar-refractivity contribution is 7.12. The molecule has 0 aromatic carbocycles. The van der Waals surface area contributed by atoms with E-state index in [9.17, 15) is 0 Å². The average molecular weight is 306 g/mol. The largest absolute Gasteiger partial charge is 0.309 e. The summed E-state index contributed by atoms with van der Waals surface area (Å²) in [5.41, 5.74) is 1.66. The van der Waals surface area contributed by atoms with Gasteiger partial charge in [0.05, 0.1) is 0 Å². The molecule has 3 rings (SSSR count). The molecule has 0 amide bonds. The van der Waals surface area contributed by atoms with Crippen molar-refractivity contribution in [2.75, 3.05) is 6.54 Å². The van der Waals surface area contributed by atoms with E-state index in [1.165, 1.54) is 44.9 Å². The lowest BCUT2D eigenvalue weighted by Crippen LogP contribution is -2.33. The molecule has 1 heterocycles. The Morgan fingerprint density at radius 3 is 2.81 bits per heavy atom. The van der Waals surface area contributed by atoms with Gasteiger partial charge in [0.1, 0.15) is 0 Å². The Morgan fingerprint density at radius 2 is 2.10 bits per heavy atom. The Bertz CT molecular complexity index is 443. The third-order valence-electron chi connectivity index (χ3n) is 5.80. The summed E-state index contributed by atoms with van der Waals surface area (Å²) in [7, 11) is 0. The maximum atomic E-state index is 3.89. The Labute approximate surface area is 134 Å². The fourth-order valence-corrected chi connectivity index (χ4v) is 5.62. The van der Waals surface area contributed by atoms with Gasteiger partial charge in [-0.25, -0.2) is 0 Å². The van der Waals surface area contributed by atoms with Crippen LogP contribution in [0.3, 0.4) is 0 Å². The fourth-order valence-electron chi connectivity index (χ4n) is 4.20. The zero-order valence-corrected chi connectivity index (χ0v) is 14.8. The number of rotatable bonds is 5. The Morgan fingerprint density at radius 1 is 1.24 bits per heavy atom. The van der Waals surface area contributed by atoms with Gasteiger partial charge in [-0.15, -0.1) is 11.3 Å². The molecule has 1 fully saturated rings. The maximum Gasteiger partial charge on any atom is 0.0443 e. The summed E-state index contributed by atoms with van der Waals surface area (Å²) in [6.45, 7) is 8.34. The van der Waals surface area contributed by atoms with E-state index in [4.69, 9.17) is 0 Å². The monoisotopic (exact) mass is 305 g/mol. The van der Waals surface area contributed by atoms with Crippen molar-refractivity contribution in [1.29, 1.82) is 0 Å². The van der Waals surface area contributed by atoms with Crippen molar-refractivity contribution in [3.05, 3.63) is 21.4 Å². The first-order chi connectivity index (χ1) is 10.2. The molecule has 118 valence electrons. The van der Waals surface area contributed by atoms with E-state index in [2.05, 4.69) is 43.5 Å². The third-order valence-corrected chi connectivity index (χ3v) is 7.12. The minimum Gasteiger partial charge on any atom is -0.309 e. The Kier molecular flexibility index (Phi) is 5.06. The molecule has 4 unspecified atom stereocenters. The molecule has 21 heavy (non-hydrogen) atoms. The van der Waals surface area contributed by atoms with E-state index in [0.717, 1.165) is 24.3 Å². The number of hydrogen-bond donors (Lipinski definition) is 1. The predicted molar refractivity (Wildman–Crippen MR) is 93.0 cm³/mol. The van der Waals surface area contributed by atoms with Crippen LogP contribution in [-0.2, 0) is 12.8 Å². The standard InChI is InChI=1S/C19H31NS/c1-4-10-20-19(16-9-8-13(2)14(3)11-16)18-12-15-6-5-7-17(15)21-18/h12-14,16,19-20H,4-11H2,1-3H3. The number of aryl methyl sites for hydroxylation is 2. The van der Waals surface area contributed by atoms with Gasteiger partial charge in [0.15, 0.2) is 0 Å². The first-order valence-corrected chi connectivity index (χ1v) is 9.85. The maximum absolute atomic E-state index is 3.89. The average Bonchev–Trinajstić information content (AvgIpc) is 3.04. The van der Waals surface area contributed by atoms with E-state index in [0.29, 0.717) is 6.04 Å². The first-order valence-electron chi connectivity index (χ1n) is 9.04.